The molecule has 1 aromatic heterocycles. The first-order valence-electron chi connectivity index (χ1n) is 5.48. The number of rotatable bonds is 2. The molecule has 0 unspecified atom stereocenters. The summed E-state index contributed by atoms with van der Waals surface area (Å²) in [4.78, 5) is 23.5. The number of methoxy groups -OCH3 is 2. The molecule has 0 fully saturated rings. The van der Waals surface area contributed by atoms with Crippen LogP contribution >= 0.6 is 15.9 Å². The number of esters is 2. The van der Waals surface area contributed by atoms with Crippen LogP contribution in [0.2, 0.25) is 0 Å². The highest BCUT2D eigenvalue weighted by molar-refractivity contribution is 9.10. The van der Waals surface area contributed by atoms with Crippen molar-refractivity contribution in [3.63, 3.8) is 0 Å². The smallest absolute Gasteiger partial charge is 0.309 e. The minimum Gasteiger partial charge on any atom is -0.469 e. The van der Waals surface area contributed by atoms with Crippen molar-refractivity contribution >= 4 is 27.9 Å². The maximum Gasteiger partial charge on any atom is 0.309 e. The molecule has 2 atom stereocenters. The van der Waals surface area contributed by atoms with Crippen LogP contribution in [0.3, 0.4) is 0 Å². The summed E-state index contributed by atoms with van der Waals surface area (Å²) >= 11 is 3.29. The van der Waals surface area contributed by atoms with Crippen LogP contribution in [0.1, 0.15) is 11.1 Å². The van der Waals surface area contributed by atoms with Gasteiger partial charge in [0.15, 0.2) is 4.67 Å². The number of hydrogen-bond donors (Lipinski definition) is 0. The molecule has 1 heterocycles. The lowest BCUT2D eigenvalue weighted by Crippen LogP contribution is -2.37. The van der Waals surface area contributed by atoms with E-state index in [2.05, 4.69) is 15.9 Å². The average molecular weight is 317 g/mol. The van der Waals surface area contributed by atoms with Gasteiger partial charge in [0.1, 0.15) is 0 Å². The predicted molar refractivity (Wildman–Crippen MR) is 64.8 cm³/mol. The van der Waals surface area contributed by atoms with E-state index in [0.717, 1.165) is 11.1 Å². The summed E-state index contributed by atoms with van der Waals surface area (Å²) in [7, 11) is 2.63. The Morgan fingerprint density at radius 1 is 1.22 bits per heavy atom. The van der Waals surface area contributed by atoms with Crippen LogP contribution in [-0.4, -0.2) is 26.2 Å². The van der Waals surface area contributed by atoms with Crippen molar-refractivity contribution in [1.82, 2.24) is 0 Å². The van der Waals surface area contributed by atoms with Gasteiger partial charge in [0.2, 0.25) is 0 Å². The Balaban J connectivity index is 2.34. The van der Waals surface area contributed by atoms with Crippen molar-refractivity contribution in [1.29, 1.82) is 0 Å². The maximum absolute atomic E-state index is 11.8. The molecule has 2 rings (SSSR count). The quantitative estimate of drug-likeness (QED) is 0.777. The molecule has 0 aromatic carbocycles. The van der Waals surface area contributed by atoms with E-state index in [1.54, 1.807) is 6.26 Å². The molecule has 1 aliphatic carbocycles. The van der Waals surface area contributed by atoms with Gasteiger partial charge in [-0.15, -0.1) is 0 Å². The number of hydrogen-bond acceptors (Lipinski definition) is 5. The zero-order chi connectivity index (χ0) is 13.3. The molecule has 0 N–H and O–H groups in total. The van der Waals surface area contributed by atoms with Crippen LogP contribution in [0.15, 0.2) is 15.3 Å². The Kier molecular flexibility index (Phi) is 3.75. The first kappa shape index (κ1) is 13.1. The lowest BCUT2D eigenvalue weighted by atomic mass is 9.77. The summed E-state index contributed by atoms with van der Waals surface area (Å²) in [5.74, 6) is -1.83. The Morgan fingerprint density at radius 3 is 2.33 bits per heavy atom. The second-order valence-electron chi connectivity index (χ2n) is 4.18. The Labute approximate surface area is 113 Å². The van der Waals surface area contributed by atoms with Gasteiger partial charge in [-0.05, 0) is 34.3 Å². The van der Waals surface area contributed by atoms with Crippen LogP contribution in [0.4, 0.5) is 0 Å². The molecule has 0 aliphatic heterocycles. The van der Waals surface area contributed by atoms with E-state index in [1.807, 2.05) is 0 Å². The van der Waals surface area contributed by atoms with Crippen molar-refractivity contribution in [3.05, 3.63) is 22.1 Å². The van der Waals surface area contributed by atoms with Gasteiger partial charge in [-0.1, -0.05) is 0 Å². The van der Waals surface area contributed by atoms with Crippen molar-refractivity contribution in [2.45, 2.75) is 12.8 Å². The molecule has 18 heavy (non-hydrogen) atoms. The predicted octanol–water partition coefficient (Wildman–Crippen LogP) is 1.72. The minimum atomic E-state index is -0.524. The Hall–Kier alpha value is -1.30. The van der Waals surface area contributed by atoms with Crippen LogP contribution in [-0.2, 0) is 31.9 Å². The second-order valence-corrected chi connectivity index (χ2v) is 4.90. The number of carbonyl (C=O) groups excluding carboxylic acids is 2. The third-order valence-electron chi connectivity index (χ3n) is 3.29. The summed E-state index contributed by atoms with van der Waals surface area (Å²) in [5, 5.41) is 0. The van der Waals surface area contributed by atoms with Gasteiger partial charge < -0.3 is 13.9 Å². The first-order valence-corrected chi connectivity index (χ1v) is 6.28. The van der Waals surface area contributed by atoms with E-state index in [-0.39, 0.29) is 0 Å². The van der Waals surface area contributed by atoms with E-state index in [0.29, 0.717) is 17.5 Å². The molecule has 6 heteroatoms. The Morgan fingerprint density at radius 2 is 1.78 bits per heavy atom. The van der Waals surface area contributed by atoms with Crippen LogP contribution in [0.5, 0.6) is 0 Å². The van der Waals surface area contributed by atoms with E-state index < -0.39 is 23.8 Å². The summed E-state index contributed by atoms with van der Waals surface area (Å²) in [6, 6.07) is 0. The number of carbonyl (C=O) groups is 2. The van der Waals surface area contributed by atoms with E-state index in [1.165, 1.54) is 14.2 Å². The van der Waals surface area contributed by atoms with Crippen molar-refractivity contribution < 1.29 is 23.5 Å². The molecule has 5 nitrogen and oxygen atoms in total. The van der Waals surface area contributed by atoms with Crippen molar-refractivity contribution in [2.24, 2.45) is 11.8 Å². The topological polar surface area (TPSA) is 65.7 Å². The molecule has 0 saturated carbocycles. The minimum absolute atomic E-state index is 0.395. The van der Waals surface area contributed by atoms with Gasteiger partial charge in [-0.25, -0.2) is 0 Å². The van der Waals surface area contributed by atoms with Crippen molar-refractivity contribution in [2.75, 3.05) is 14.2 Å². The molecule has 0 spiro atoms. The van der Waals surface area contributed by atoms with Crippen LogP contribution in [0.25, 0.3) is 0 Å². The summed E-state index contributed by atoms with van der Waals surface area (Å²) < 4.78 is 15.4. The highest BCUT2D eigenvalue weighted by atomic mass is 79.9. The van der Waals surface area contributed by atoms with E-state index >= 15 is 0 Å². The highest BCUT2D eigenvalue weighted by Crippen LogP contribution is 2.36. The molecule has 98 valence electrons. The van der Waals surface area contributed by atoms with E-state index in [4.69, 9.17) is 13.9 Å². The SMILES string of the molecule is COC(=O)[C@H]1Cc2coc(Br)c2C[C@@H]1C(=O)OC. The zero-order valence-corrected chi connectivity index (χ0v) is 11.7. The lowest BCUT2D eigenvalue weighted by Gasteiger charge is -2.27. The second kappa shape index (κ2) is 5.14. The van der Waals surface area contributed by atoms with Gasteiger partial charge in [0.05, 0.1) is 32.3 Å². The maximum atomic E-state index is 11.8. The largest absolute Gasteiger partial charge is 0.469 e. The fourth-order valence-electron chi connectivity index (χ4n) is 2.31. The molecule has 0 bridgehead atoms. The molecular formula is C12H13BrO5. The fraction of sp³-hybridized carbons (Fsp3) is 0.500. The summed E-state index contributed by atoms with van der Waals surface area (Å²) in [5.41, 5.74) is 1.85. The third-order valence-corrected chi connectivity index (χ3v) is 3.95. The molecule has 0 amide bonds. The van der Waals surface area contributed by atoms with Crippen LogP contribution < -0.4 is 0 Å². The monoisotopic (exact) mass is 316 g/mol. The van der Waals surface area contributed by atoms with Gasteiger partial charge in [0, 0.05) is 5.56 Å². The summed E-state index contributed by atoms with van der Waals surface area (Å²) in [6.45, 7) is 0. The molecule has 1 aliphatic rings. The van der Waals surface area contributed by atoms with Gasteiger partial charge in [-0.3, -0.25) is 9.59 Å². The van der Waals surface area contributed by atoms with E-state index in [9.17, 15) is 9.59 Å². The van der Waals surface area contributed by atoms with Gasteiger partial charge in [-0.2, -0.15) is 0 Å². The first-order chi connectivity index (χ1) is 8.58. The zero-order valence-electron chi connectivity index (χ0n) is 10.1. The fourth-order valence-corrected chi connectivity index (χ4v) is 2.82. The standard InChI is InChI=1S/C12H13BrO5/c1-16-11(14)8-3-6-5-18-10(13)7(6)4-9(8)12(15)17-2/h5,8-9H,3-4H2,1-2H3/t8-,9-/m0/s1. The number of ether oxygens (including phenoxy) is 2. The molecule has 0 radical (unpaired) electrons. The summed E-state index contributed by atoms with van der Waals surface area (Å²) in [6.07, 6.45) is 2.44. The highest BCUT2D eigenvalue weighted by Gasteiger charge is 2.41. The number of fused-ring (bicyclic) bond motifs is 1. The van der Waals surface area contributed by atoms with Crippen LogP contribution in [0, 0.1) is 11.8 Å². The number of furan rings is 1. The number of halogens is 1. The normalized spacial score (nSPS) is 22.2. The molecule has 1 aromatic rings. The van der Waals surface area contributed by atoms with Crippen molar-refractivity contribution in [3.8, 4) is 0 Å². The lowest BCUT2D eigenvalue weighted by molar-refractivity contribution is -0.158. The Bertz CT molecular complexity index is 479. The molecule has 0 saturated heterocycles. The van der Waals surface area contributed by atoms with Gasteiger partial charge in [0.25, 0.3) is 0 Å². The average Bonchev–Trinajstić information content (AvgIpc) is 2.76. The molecular weight excluding hydrogens is 304 g/mol. The third kappa shape index (κ3) is 2.16. The van der Waals surface area contributed by atoms with Gasteiger partial charge >= 0.3 is 11.9 Å².